The normalized spacial score (nSPS) is 12.1. The van der Waals surface area contributed by atoms with Crippen LogP contribution in [0.5, 0.6) is 11.5 Å². The number of nitrogens with zero attached hydrogens (tertiary/aromatic N) is 3. The Labute approximate surface area is 247 Å². The standard InChI is InChI=1S/C28H32FN6O7P/c1-3-20(30-10-12-42-43(37,38)39)9-11-41-25-15-23-22(14-24(25)40-2)27(33-17-32-23)34-21-7-8-26(31-16-21)35-28(36)18-5-4-6-19(29)13-18/h4-8,13-17,20,30H,3,9-12H2,1-2H3,(H,31,35,36)(H,32,33,34)(H2,37,38,39). The van der Waals surface area contributed by atoms with E-state index in [1.165, 1.54) is 37.8 Å². The van der Waals surface area contributed by atoms with Gasteiger partial charge in [-0.3, -0.25) is 9.32 Å². The van der Waals surface area contributed by atoms with Gasteiger partial charge in [0.25, 0.3) is 5.91 Å². The molecule has 0 aliphatic rings. The first-order valence-electron chi connectivity index (χ1n) is 13.3. The first kappa shape index (κ1) is 31.7. The van der Waals surface area contributed by atoms with E-state index < -0.39 is 19.5 Å². The zero-order valence-electron chi connectivity index (χ0n) is 23.5. The number of amides is 1. The number of phosphoric ester groups is 1. The number of methoxy groups -OCH3 is 1. The van der Waals surface area contributed by atoms with Gasteiger partial charge >= 0.3 is 7.82 Å². The highest BCUT2D eigenvalue weighted by atomic mass is 31.2. The van der Waals surface area contributed by atoms with E-state index >= 15 is 0 Å². The molecule has 13 nitrogen and oxygen atoms in total. The lowest BCUT2D eigenvalue weighted by atomic mass is 10.1. The Balaban J connectivity index is 1.38. The minimum absolute atomic E-state index is 0.0552. The Kier molecular flexibility index (Phi) is 10.9. The molecule has 0 aliphatic heterocycles. The van der Waals surface area contributed by atoms with Gasteiger partial charge in [0.1, 0.15) is 23.8 Å². The number of phosphoric acid groups is 1. The number of anilines is 3. The van der Waals surface area contributed by atoms with Gasteiger partial charge in [-0.2, -0.15) is 0 Å². The minimum Gasteiger partial charge on any atom is -0.493 e. The van der Waals surface area contributed by atoms with Crippen LogP contribution < -0.4 is 25.4 Å². The molecular formula is C28H32FN6O7P. The predicted octanol–water partition coefficient (Wildman–Crippen LogP) is 4.41. The molecule has 0 spiro atoms. The van der Waals surface area contributed by atoms with Gasteiger partial charge in [-0.15, -0.1) is 0 Å². The first-order valence-corrected chi connectivity index (χ1v) is 14.9. The zero-order valence-corrected chi connectivity index (χ0v) is 24.4. The monoisotopic (exact) mass is 614 g/mol. The number of rotatable bonds is 15. The molecule has 0 radical (unpaired) electrons. The van der Waals surface area contributed by atoms with Crippen LogP contribution in [-0.4, -0.2) is 63.6 Å². The van der Waals surface area contributed by atoms with Crippen molar-refractivity contribution in [3.05, 3.63) is 72.4 Å². The van der Waals surface area contributed by atoms with Crippen molar-refractivity contribution in [2.45, 2.75) is 25.8 Å². The van der Waals surface area contributed by atoms with Gasteiger partial charge in [-0.1, -0.05) is 13.0 Å². The van der Waals surface area contributed by atoms with Gasteiger partial charge in [0.2, 0.25) is 0 Å². The number of aromatic nitrogens is 3. The number of ether oxygens (including phenoxy) is 2. The molecule has 4 rings (SSSR count). The molecule has 5 N–H and O–H groups in total. The van der Waals surface area contributed by atoms with Crippen molar-refractivity contribution >= 4 is 42.0 Å². The molecule has 2 aromatic heterocycles. The summed E-state index contributed by atoms with van der Waals surface area (Å²) in [7, 11) is -2.96. The van der Waals surface area contributed by atoms with Crippen LogP contribution in [0.15, 0.2) is 61.1 Å². The van der Waals surface area contributed by atoms with Gasteiger partial charge in [0, 0.05) is 29.6 Å². The van der Waals surface area contributed by atoms with Crippen molar-refractivity contribution in [1.82, 2.24) is 20.3 Å². The van der Waals surface area contributed by atoms with Gasteiger partial charge < -0.3 is 35.2 Å². The fourth-order valence-corrected chi connectivity index (χ4v) is 4.45. The van der Waals surface area contributed by atoms with Gasteiger partial charge in [0.15, 0.2) is 11.5 Å². The van der Waals surface area contributed by atoms with Crippen LogP contribution in [0.25, 0.3) is 10.9 Å². The molecule has 1 unspecified atom stereocenters. The van der Waals surface area contributed by atoms with E-state index in [2.05, 4.69) is 35.4 Å². The molecule has 15 heteroatoms. The largest absolute Gasteiger partial charge is 0.493 e. The summed E-state index contributed by atoms with van der Waals surface area (Å²) in [6, 6.07) is 12.3. The average molecular weight is 615 g/mol. The van der Waals surface area contributed by atoms with Crippen LogP contribution in [-0.2, 0) is 9.09 Å². The Morgan fingerprint density at radius 1 is 1.07 bits per heavy atom. The minimum atomic E-state index is -4.49. The predicted molar refractivity (Wildman–Crippen MR) is 158 cm³/mol. The van der Waals surface area contributed by atoms with Gasteiger partial charge in [-0.05, 0) is 49.2 Å². The number of carbonyl (C=O) groups excluding carboxylic acids is 1. The maximum Gasteiger partial charge on any atom is 0.469 e. The van der Waals surface area contributed by atoms with E-state index in [0.29, 0.717) is 52.8 Å². The smallest absolute Gasteiger partial charge is 0.469 e. The fourth-order valence-electron chi connectivity index (χ4n) is 4.12. The van der Waals surface area contributed by atoms with Crippen molar-refractivity contribution in [3.8, 4) is 11.5 Å². The topological polar surface area (TPSA) is 177 Å². The third-order valence-electron chi connectivity index (χ3n) is 6.29. The lowest BCUT2D eigenvalue weighted by molar-refractivity contribution is 0.102. The van der Waals surface area contributed by atoms with Crippen molar-refractivity contribution < 1.29 is 37.5 Å². The Morgan fingerprint density at radius 2 is 1.91 bits per heavy atom. The number of hydrogen-bond acceptors (Lipinski definition) is 10. The summed E-state index contributed by atoms with van der Waals surface area (Å²) >= 11 is 0. The van der Waals surface area contributed by atoms with E-state index in [1.54, 1.807) is 24.3 Å². The molecule has 0 saturated heterocycles. The molecule has 4 aromatic rings. The van der Waals surface area contributed by atoms with Crippen molar-refractivity contribution in [3.63, 3.8) is 0 Å². The van der Waals surface area contributed by atoms with Gasteiger partial charge in [-0.25, -0.2) is 23.9 Å². The summed E-state index contributed by atoms with van der Waals surface area (Å²) in [5.41, 5.74) is 1.40. The second-order valence-corrected chi connectivity index (χ2v) is 10.5. The number of fused-ring (bicyclic) bond motifs is 1. The zero-order chi connectivity index (χ0) is 30.8. The summed E-state index contributed by atoms with van der Waals surface area (Å²) < 4.78 is 40.3. The van der Waals surface area contributed by atoms with Crippen LogP contribution in [0.3, 0.4) is 0 Å². The summed E-state index contributed by atoms with van der Waals surface area (Å²) in [5, 5.41) is 9.70. The van der Waals surface area contributed by atoms with Crippen LogP contribution in [0.4, 0.5) is 21.7 Å². The summed E-state index contributed by atoms with van der Waals surface area (Å²) in [6.07, 6.45) is 4.36. The van der Waals surface area contributed by atoms with Crippen molar-refractivity contribution in [2.24, 2.45) is 0 Å². The molecule has 0 fully saturated rings. The van der Waals surface area contributed by atoms with Crippen LogP contribution >= 0.6 is 7.82 Å². The van der Waals surface area contributed by atoms with Crippen molar-refractivity contribution in [1.29, 1.82) is 0 Å². The lowest BCUT2D eigenvalue weighted by Gasteiger charge is -2.18. The van der Waals surface area contributed by atoms with E-state index in [9.17, 15) is 13.8 Å². The highest BCUT2D eigenvalue weighted by molar-refractivity contribution is 7.46. The van der Waals surface area contributed by atoms with Crippen LogP contribution in [0.2, 0.25) is 0 Å². The Hall–Kier alpha value is -4.20. The quantitative estimate of drug-likeness (QED) is 0.0943. The average Bonchev–Trinajstić information content (AvgIpc) is 2.98. The molecule has 1 amide bonds. The van der Waals surface area contributed by atoms with Crippen LogP contribution in [0.1, 0.15) is 30.1 Å². The van der Waals surface area contributed by atoms with Crippen molar-refractivity contribution in [2.75, 3.05) is 37.5 Å². The third-order valence-corrected chi connectivity index (χ3v) is 6.81. The molecule has 0 saturated carbocycles. The lowest BCUT2D eigenvalue weighted by Crippen LogP contribution is -2.32. The molecule has 43 heavy (non-hydrogen) atoms. The summed E-state index contributed by atoms with van der Waals surface area (Å²) in [4.78, 5) is 42.9. The number of hydrogen-bond donors (Lipinski definition) is 5. The second-order valence-electron chi connectivity index (χ2n) is 9.28. The van der Waals surface area contributed by atoms with E-state index in [4.69, 9.17) is 19.3 Å². The van der Waals surface area contributed by atoms with E-state index in [-0.39, 0.29) is 24.8 Å². The van der Waals surface area contributed by atoms with E-state index in [1.807, 2.05) is 6.92 Å². The molecular weight excluding hydrogens is 582 g/mol. The molecule has 2 aromatic carbocycles. The highest BCUT2D eigenvalue weighted by Crippen LogP contribution is 2.36. The Bertz CT molecular complexity index is 1590. The second kappa shape index (κ2) is 14.8. The summed E-state index contributed by atoms with van der Waals surface area (Å²) in [6.45, 7) is 2.54. The molecule has 2 heterocycles. The maximum atomic E-state index is 13.4. The van der Waals surface area contributed by atoms with E-state index in [0.717, 1.165) is 12.5 Å². The number of nitrogens with one attached hydrogen (secondary N) is 3. The van der Waals surface area contributed by atoms with Gasteiger partial charge in [0.05, 0.1) is 37.7 Å². The highest BCUT2D eigenvalue weighted by Gasteiger charge is 2.15. The summed E-state index contributed by atoms with van der Waals surface area (Å²) in [5.74, 6) is 0.798. The van der Waals surface area contributed by atoms with Crippen LogP contribution in [0, 0.1) is 5.82 Å². The number of pyridine rings is 1. The third kappa shape index (κ3) is 9.40. The number of benzene rings is 2. The molecule has 228 valence electrons. The fraction of sp³-hybridized carbons (Fsp3) is 0.286. The maximum absolute atomic E-state index is 13.4. The molecule has 0 aliphatic carbocycles. The Morgan fingerprint density at radius 3 is 2.60 bits per heavy atom. The molecule has 1 atom stereocenters. The number of halogens is 1. The SMILES string of the molecule is CCC(CCOc1cc2ncnc(Nc3ccc(NC(=O)c4cccc(F)c4)nc3)c2cc1OC)NCCOP(=O)(O)O. The molecule has 0 bridgehead atoms. The first-order chi connectivity index (χ1) is 20.6. The number of carbonyl (C=O) groups is 1.